The van der Waals surface area contributed by atoms with Crippen LogP contribution in [0.2, 0.25) is 5.02 Å². The lowest BCUT2D eigenvalue weighted by Crippen LogP contribution is -2.12. The molecule has 0 spiro atoms. The summed E-state index contributed by atoms with van der Waals surface area (Å²) in [5, 5.41) is 4.27. The topological polar surface area (TPSA) is 50.7 Å². The maximum atomic E-state index is 10.8. The number of amides is 1. The van der Waals surface area contributed by atoms with E-state index in [0.29, 0.717) is 17.4 Å². The maximum Gasteiger partial charge on any atom is 0.236 e. The van der Waals surface area contributed by atoms with Gasteiger partial charge in [-0.05, 0) is 39.2 Å². The molecule has 6 heteroatoms. The second-order valence-electron chi connectivity index (χ2n) is 4.51. The third-order valence-corrected chi connectivity index (χ3v) is 3.55. The van der Waals surface area contributed by atoms with Crippen LogP contribution in [0.15, 0.2) is 52.0 Å². The summed E-state index contributed by atoms with van der Waals surface area (Å²) in [7, 11) is 0. The summed E-state index contributed by atoms with van der Waals surface area (Å²) in [5.74, 6) is 0.339. The van der Waals surface area contributed by atoms with Crippen molar-refractivity contribution in [3.05, 3.63) is 63.1 Å². The molecule has 0 aliphatic rings. The first-order chi connectivity index (χ1) is 10.6. The van der Waals surface area contributed by atoms with Crippen molar-refractivity contribution in [1.29, 1.82) is 0 Å². The lowest BCUT2D eigenvalue weighted by Gasteiger charge is -2.11. The summed E-state index contributed by atoms with van der Waals surface area (Å²) >= 11 is 9.67. The number of hydrogen-bond acceptors (Lipinski definition) is 3. The molecular weight excluding hydrogens is 368 g/mol. The smallest absolute Gasteiger partial charge is 0.236 e. The van der Waals surface area contributed by atoms with Gasteiger partial charge < -0.3 is 4.74 Å². The molecule has 0 aliphatic carbocycles. The van der Waals surface area contributed by atoms with E-state index in [4.69, 9.17) is 16.3 Å². The molecule has 2 aromatic rings. The van der Waals surface area contributed by atoms with Gasteiger partial charge in [0, 0.05) is 6.92 Å². The average Bonchev–Trinajstić information content (AvgIpc) is 2.47. The lowest BCUT2D eigenvalue weighted by atomic mass is 10.2. The monoisotopic (exact) mass is 380 g/mol. The Hall–Kier alpha value is -1.85. The minimum atomic E-state index is -0.232. The molecular formula is C16H14BrClN2O2. The fourth-order valence-corrected chi connectivity index (χ4v) is 2.71. The van der Waals surface area contributed by atoms with Gasteiger partial charge in [0.25, 0.3) is 0 Å². The molecule has 0 radical (unpaired) electrons. The van der Waals surface area contributed by atoms with E-state index in [1.165, 1.54) is 13.1 Å². The van der Waals surface area contributed by atoms with E-state index in [1.54, 1.807) is 6.07 Å². The highest BCUT2D eigenvalue weighted by Crippen LogP contribution is 2.34. The molecule has 4 nitrogen and oxygen atoms in total. The molecule has 2 aromatic carbocycles. The molecule has 1 amide bonds. The van der Waals surface area contributed by atoms with E-state index in [-0.39, 0.29) is 5.91 Å². The van der Waals surface area contributed by atoms with Crippen LogP contribution in [-0.2, 0) is 11.4 Å². The van der Waals surface area contributed by atoms with Gasteiger partial charge in [0.1, 0.15) is 6.61 Å². The molecule has 22 heavy (non-hydrogen) atoms. The molecule has 1 N–H and O–H groups in total. The minimum absolute atomic E-state index is 0.232. The molecule has 0 atom stereocenters. The first-order valence-electron chi connectivity index (χ1n) is 6.51. The van der Waals surface area contributed by atoms with Gasteiger partial charge in [-0.25, -0.2) is 5.43 Å². The Bertz CT molecular complexity index is 667. The average molecular weight is 382 g/mol. The van der Waals surface area contributed by atoms with Gasteiger partial charge >= 0.3 is 0 Å². The molecule has 0 unspecified atom stereocenters. The third-order valence-electron chi connectivity index (χ3n) is 2.68. The number of rotatable bonds is 5. The van der Waals surface area contributed by atoms with Crippen LogP contribution in [0.3, 0.4) is 0 Å². The van der Waals surface area contributed by atoms with Crippen molar-refractivity contribution in [2.45, 2.75) is 13.5 Å². The third kappa shape index (κ3) is 4.86. The molecule has 114 valence electrons. The van der Waals surface area contributed by atoms with E-state index in [0.717, 1.165) is 15.6 Å². The molecule has 0 heterocycles. The maximum absolute atomic E-state index is 10.8. The van der Waals surface area contributed by atoms with E-state index >= 15 is 0 Å². The Morgan fingerprint density at radius 3 is 2.73 bits per heavy atom. The standard InChI is InChI=1S/C16H14BrClN2O2/c1-11(21)20-19-9-13-7-14(17)16(15(18)8-13)22-10-12-5-3-2-4-6-12/h2-9H,10H2,1H3,(H,20,21)/b19-9-. The van der Waals surface area contributed by atoms with Crippen LogP contribution in [0.1, 0.15) is 18.1 Å². The normalized spacial score (nSPS) is 10.7. The number of nitrogens with zero attached hydrogens (tertiary/aromatic N) is 1. The molecule has 2 rings (SSSR count). The van der Waals surface area contributed by atoms with Crippen LogP contribution in [0.4, 0.5) is 0 Å². The van der Waals surface area contributed by atoms with Crippen LogP contribution < -0.4 is 10.2 Å². The molecule has 0 saturated heterocycles. The van der Waals surface area contributed by atoms with Crippen molar-refractivity contribution in [3.63, 3.8) is 0 Å². The van der Waals surface area contributed by atoms with Gasteiger partial charge in [0.15, 0.2) is 5.75 Å². The predicted molar refractivity (Wildman–Crippen MR) is 91.3 cm³/mol. The SMILES string of the molecule is CC(=O)N/N=C\c1cc(Cl)c(OCc2ccccc2)c(Br)c1. The van der Waals surface area contributed by atoms with Gasteiger partial charge in [0.2, 0.25) is 5.91 Å². The zero-order chi connectivity index (χ0) is 15.9. The molecule has 0 fully saturated rings. The summed E-state index contributed by atoms with van der Waals surface area (Å²) in [6.07, 6.45) is 1.51. The van der Waals surface area contributed by atoms with Crippen molar-refractivity contribution < 1.29 is 9.53 Å². The number of hydrogen-bond donors (Lipinski definition) is 1. The summed E-state index contributed by atoms with van der Waals surface area (Å²) in [6, 6.07) is 13.4. The van der Waals surface area contributed by atoms with E-state index in [9.17, 15) is 4.79 Å². The summed E-state index contributed by atoms with van der Waals surface area (Å²) in [5.41, 5.74) is 4.14. The van der Waals surface area contributed by atoms with Crippen LogP contribution in [0, 0.1) is 0 Å². The fourth-order valence-electron chi connectivity index (χ4n) is 1.72. The predicted octanol–water partition coefficient (Wildman–Crippen LogP) is 4.15. The Morgan fingerprint density at radius 2 is 2.09 bits per heavy atom. The number of hydrazone groups is 1. The Balaban J connectivity index is 2.09. The van der Waals surface area contributed by atoms with Crippen LogP contribution in [-0.4, -0.2) is 12.1 Å². The van der Waals surface area contributed by atoms with Gasteiger partial charge in [-0.15, -0.1) is 0 Å². The number of benzene rings is 2. The quantitative estimate of drug-likeness (QED) is 0.625. The highest BCUT2D eigenvalue weighted by Gasteiger charge is 2.09. The Labute approximate surface area is 142 Å². The number of nitrogens with one attached hydrogen (secondary N) is 1. The van der Waals surface area contributed by atoms with Crippen molar-refractivity contribution in [2.24, 2.45) is 5.10 Å². The lowest BCUT2D eigenvalue weighted by molar-refractivity contribution is -0.118. The highest BCUT2D eigenvalue weighted by atomic mass is 79.9. The second-order valence-corrected chi connectivity index (χ2v) is 5.78. The van der Waals surface area contributed by atoms with Gasteiger partial charge in [-0.2, -0.15) is 5.10 Å². The van der Waals surface area contributed by atoms with Gasteiger partial charge in [-0.3, -0.25) is 4.79 Å². The first kappa shape index (κ1) is 16.5. The zero-order valence-corrected chi connectivity index (χ0v) is 14.2. The Morgan fingerprint density at radius 1 is 1.36 bits per heavy atom. The van der Waals surface area contributed by atoms with Crippen LogP contribution in [0.25, 0.3) is 0 Å². The second kappa shape index (κ2) is 7.96. The molecule has 0 aliphatic heterocycles. The fraction of sp³-hybridized carbons (Fsp3) is 0.125. The molecule has 0 bridgehead atoms. The summed E-state index contributed by atoms with van der Waals surface area (Å²) < 4.78 is 6.48. The highest BCUT2D eigenvalue weighted by molar-refractivity contribution is 9.10. The molecule has 0 aromatic heterocycles. The first-order valence-corrected chi connectivity index (χ1v) is 7.69. The van der Waals surface area contributed by atoms with Crippen LogP contribution in [0.5, 0.6) is 5.75 Å². The van der Waals surface area contributed by atoms with Crippen molar-refractivity contribution in [1.82, 2.24) is 5.43 Å². The number of halogens is 2. The molecule has 0 saturated carbocycles. The van der Waals surface area contributed by atoms with E-state index in [1.807, 2.05) is 36.4 Å². The summed E-state index contributed by atoms with van der Waals surface area (Å²) in [6.45, 7) is 1.82. The minimum Gasteiger partial charge on any atom is -0.486 e. The van der Waals surface area contributed by atoms with Crippen molar-refractivity contribution in [3.8, 4) is 5.75 Å². The van der Waals surface area contributed by atoms with Gasteiger partial charge in [0.05, 0.1) is 15.7 Å². The largest absolute Gasteiger partial charge is 0.486 e. The number of carbonyl (C=O) groups is 1. The van der Waals surface area contributed by atoms with Crippen LogP contribution >= 0.6 is 27.5 Å². The van der Waals surface area contributed by atoms with Crippen molar-refractivity contribution >= 4 is 39.7 Å². The van der Waals surface area contributed by atoms with Gasteiger partial charge in [-0.1, -0.05) is 41.9 Å². The number of ether oxygens (including phenoxy) is 1. The van der Waals surface area contributed by atoms with E-state index < -0.39 is 0 Å². The van der Waals surface area contributed by atoms with Crippen molar-refractivity contribution in [2.75, 3.05) is 0 Å². The van der Waals surface area contributed by atoms with E-state index in [2.05, 4.69) is 26.5 Å². The Kier molecular flexibility index (Phi) is 5.98. The zero-order valence-electron chi connectivity index (χ0n) is 11.8. The number of carbonyl (C=O) groups excluding carboxylic acids is 1. The summed E-state index contributed by atoms with van der Waals surface area (Å²) in [4.78, 5) is 10.8.